The molecular formula is C105H85FN2O21S4. The zero-order valence-corrected chi connectivity index (χ0v) is 75.1. The fraction of sp³-hybridized carbons (Fsp3) is 0.114. The van der Waals surface area contributed by atoms with Gasteiger partial charge in [0.1, 0.15) is 72.2 Å². The third kappa shape index (κ3) is 22.4. The Morgan fingerprint density at radius 1 is 0.361 bits per heavy atom. The van der Waals surface area contributed by atoms with Crippen molar-refractivity contribution >= 4 is 165 Å². The molecule has 1 aliphatic rings. The number of phenols is 4. The summed E-state index contributed by atoms with van der Waals surface area (Å²) >= 11 is 5.41. The van der Waals surface area contributed by atoms with Crippen molar-refractivity contribution in [3.8, 4) is 69.0 Å². The van der Waals surface area contributed by atoms with Gasteiger partial charge in [0.15, 0.2) is 17.2 Å². The molecule has 0 aliphatic heterocycles. The number of halogens is 1. The first-order valence-electron chi connectivity index (χ1n) is 40.7. The van der Waals surface area contributed by atoms with Crippen LogP contribution in [-0.2, 0) is 43.5 Å². The Morgan fingerprint density at radius 3 is 1.06 bits per heavy atom. The number of benzene rings is 12. The Bertz CT molecular complexity index is 6970. The molecule has 0 saturated heterocycles. The maximum Gasteiger partial charge on any atom is 0.419 e. The number of rotatable bonds is 26. The first kappa shape index (κ1) is 94.7. The normalized spacial score (nSPS) is 11.6. The maximum atomic E-state index is 13.8. The van der Waals surface area contributed by atoms with Crippen molar-refractivity contribution in [1.29, 1.82) is 0 Å². The number of thiophene rings is 4. The Kier molecular flexibility index (Phi) is 30.0. The molecule has 0 bridgehead atoms. The number of hydrogen-bond donors (Lipinski definition) is 6. The van der Waals surface area contributed by atoms with E-state index in [2.05, 4.69) is 29.6 Å². The molecule has 4 aromatic heterocycles. The lowest BCUT2D eigenvalue weighted by Gasteiger charge is -2.19. The standard InChI is InChI=1S/C27H21FO4S.C27H22O5S.2C25H19NO6S.CH4/c1-17-14-19(28)4-9-23(17)27(11-12-27)26-25(22-8-5-20(30)15-24(22)33-26)32-21-6-2-18(3-7-21)10-13-31-16-29;1-16-12-17(2)24(18(3)13-16)25(30)27-26(22-9-6-20(29)14-23(22)33-27)32-21-7-4-19(5-8-21)10-11-31-15-28;2*1-14-3-9-19(15(2)11-14)22(29)24-23(20-10-6-17(28)12-21(20)33-24)32-18-7-4-16(5-8-18)26-25(30)31-13-27;/h2-10,13-16,30H,11-12H2,1H3;4-15,29H,1-3H3;2*3-13,28H,1-2H3,(H,26,30);1H4/b13-10+;11-10+;;;. The van der Waals surface area contributed by atoms with E-state index in [0.717, 1.165) is 105 Å². The molecule has 1 saturated carbocycles. The van der Waals surface area contributed by atoms with Crippen molar-refractivity contribution in [2.24, 2.45) is 0 Å². The number of ketones is 3. The maximum absolute atomic E-state index is 13.8. The number of anilines is 2. The number of aryl methyl sites for hydroxylation is 8. The highest BCUT2D eigenvalue weighted by atomic mass is 32.1. The summed E-state index contributed by atoms with van der Waals surface area (Å²) in [7, 11) is 0. The summed E-state index contributed by atoms with van der Waals surface area (Å²) in [6.07, 6.45) is 6.06. The Balaban J connectivity index is 0.000000150. The van der Waals surface area contributed by atoms with Crippen LogP contribution in [0.25, 0.3) is 52.5 Å². The molecule has 23 nitrogen and oxygen atoms in total. The number of fused-ring (bicyclic) bond motifs is 4. The lowest BCUT2D eigenvalue weighted by Crippen LogP contribution is -2.12. The molecule has 1 aliphatic carbocycles. The minimum Gasteiger partial charge on any atom is -0.508 e. The predicted molar refractivity (Wildman–Crippen MR) is 515 cm³/mol. The molecule has 0 radical (unpaired) electrons. The number of ether oxygens (including phenoxy) is 8. The van der Waals surface area contributed by atoms with Crippen molar-refractivity contribution in [3.05, 3.63) is 352 Å². The number of hydrogen-bond acceptors (Lipinski definition) is 25. The van der Waals surface area contributed by atoms with Gasteiger partial charge in [0.05, 0.1) is 17.4 Å². The van der Waals surface area contributed by atoms with Crippen LogP contribution >= 0.6 is 45.3 Å². The molecule has 12 aromatic carbocycles. The molecule has 133 heavy (non-hydrogen) atoms. The van der Waals surface area contributed by atoms with Crippen molar-refractivity contribution in [2.75, 3.05) is 10.6 Å². The van der Waals surface area contributed by atoms with Gasteiger partial charge >= 0.3 is 25.1 Å². The van der Waals surface area contributed by atoms with E-state index < -0.39 is 12.2 Å². The van der Waals surface area contributed by atoms with Crippen molar-refractivity contribution in [3.63, 3.8) is 0 Å². The number of aromatic hydroxyl groups is 4. The molecule has 16 aromatic rings. The molecule has 6 N–H and O–H groups in total. The van der Waals surface area contributed by atoms with Crippen LogP contribution in [0.4, 0.5) is 25.4 Å². The molecule has 672 valence electrons. The largest absolute Gasteiger partial charge is 0.508 e. The number of nitrogens with one attached hydrogen (secondary N) is 2. The Morgan fingerprint density at radius 2 is 0.707 bits per heavy atom. The van der Waals surface area contributed by atoms with E-state index in [-0.39, 0.29) is 72.0 Å². The highest BCUT2D eigenvalue weighted by molar-refractivity contribution is 7.22. The fourth-order valence-corrected chi connectivity index (χ4v) is 19.8. The van der Waals surface area contributed by atoms with Crippen LogP contribution in [0.15, 0.2) is 249 Å². The van der Waals surface area contributed by atoms with Crippen molar-refractivity contribution in [2.45, 2.75) is 81.1 Å². The number of carbonyl (C=O) groups is 9. The van der Waals surface area contributed by atoms with Gasteiger partial charge in [-0.25, -0.2) is 14.0 Å². The fourth-order valence-electron chi connectivity index (χ4n) is 15.0. The smallest absolute Gasteiger partial charge is 0.419 e. The molecule has 17 rings (SSSR count). The van der Waals surface area contributed by atoms with Crippen LogP contribution in [0.2, 0.25) is 0 Å². The summed E-state index contributed by atoms with van der Waals surface area (Å²) in [5, 5.41) is 47.7. The lowest BCUT2D eigenvalue weighted by atomic mass is 9.89. The molecule has 1 fully saturated rings. The van der Waals surface area contributed by atoms with Crippen LogP contribution in [0.5, 0.6) is 69.0 Å². The van der Waals surface area contributed by atoms with E-state index >= 15 is 0 Å². The lowest BCUT2D eigenvalue weighted by molar-refractivity contribution is -0.124. The minimum atomic E-state index is -0.899. The van der Waals surface area contributed by atoms with Gasteiger partial charge in [-0.2, -0.15) is 0 Å². The topological polar surface area (TPSA) is 332 Å². The average Bonchev–Trinajstić information content (AvgIpc) is 1.55. The second kappa shape index (κ2) is 42.1. The summed E-state index contributed by atoms with van der Waals surface area (Å²) < 4.78 is 59.4. The summed E-state index contributed by atoms with van der Waals surface area (Å²) in [5.74, 6) is 3.96. The van der Waals surface area contributed by atoms with E-state index in [4.69, 9.17) is 18.9 Å². The Hall–Kier alpha value is -15.9. The molecule has 4 heterocycles. The summed E-state index contributed by atoms with van der Waals surface area (Å²) in [6.45, 7) is 16.3. The SMILES string of the molecule is C.Cc1cc(C)c(C(=O)c2sc3cc(O)ccc3c2Oc2ccc(/C=C/OC=O)cc2)c(C)c1.Cc1cc(F)ccc1C1(c2sc3cc(O)ccc3c2Oc2ccc(/C=C/OC=O)cc2)CC1.Cc1ccc(C(=O)c2sc3cc(O)ccc3c2Oc2ccc(NC(=O)OC=O)cc2)c(C)c1.Cc1ccc(C(=O)c2sc3cc(O)ccc3c2Oc2ccc(NC(=O)OC=O)cc2)c(C)c1. The third-order valence-electron chi connectivity index (χ3n) is 21.1. The second-order valence-corrected chi connectivity index (χ2v) is 34.8. The van der Waals surface area contributed by atoms with Gasteiger partial charge in [0.2, 0.25) is 17.3 Å². The molecule has 0 unspecified atom stereocenters. The van der Waals surface area contributed by atoms with Gasteiger partial charge in [0, 0.05) is 73.8 Å². The molecular weight excluding hydrogens is 1770 g/mol. The van der Waals surface area contributed by atoms with Crippen LogP contribution < -0.4 is 29.6 Å². The van der Waals surface area contributed by atoms with Crippen LogP contribution in [0.1, 0.15) is 132 Å². The van der Waals surface area contributed by atoms with Gasteiger partial charge < -0.3 is 58.3 Å². The summed E-state index contributed by atoms with van der Waals surface area (Å²) in [4.78, 5) is 107. The zero-order chi connectivity index (χ0) is 93.6. The monoisotopic (exact) mass is 1860 g/mol. The van der Waals surface area contributed by atoms with Crippen LogP contribution in [0, 0.1) is 61.2 Å². The first-order chi connectivity index (χ1) is 63.6. The average molecular weight is 1860 g/mol. The minimum absolute atomic E-state index is 0. The molecule has 28 heteroatoms. The second-order valence-electron chi connectivity index (χ2n) is 30.6. The highest BCUT2D eigenvalue weighted by Crippen LogP contribution is 2.62. The number of phenolic OH excluding ortho intramolecular Hbond substituents is 4. The predicted octanol–water partition coefficient (Wildman–Crippen LogP) is 26.3. The highest BCUT2D eigenvalue weighted by Gasteiger charge is 2.50. The third-order valence-corrected chi connectivity index (χ3v) is 25.9. The van der Waals surface area contributed by atoms with Gasteiger partial charge in [-0.3, -0.25) is 44.2 Å². The number of amides is 2. The first-order valence-corrected chi connectivity index (χ1v) is 44.0. The quantitative estimate of drug-likeness (QED) is 0.00964. The van der Waals surface area contributed by atoms with Crippen molar-refractivity contribution in [1.82, 2.24) is 0 Å². The van der Waals surface area contributed by atoms with Gasteiger partial charge in [0.25, 0.3) is 12.9 Å². The molecule has 0 atom stereocenters. The summed E-state index contributed by atoms with van der Waals surface area (Å²) in [5.41, 5.74) is 12.9. The van der Waals surface area contributed by atoms with Gasteiger partial charge in [-0.05, 0) is 283 Å². The van der Waals surface area contributed by atoms with E-state index in [1.54, 1.807) is 169 Å². The van der Waals surface area contributed by atoms with Crippen LogP contribution in [0.3, 0.4) is 0 Å². The van der Waals surface area contributed by atoms with Gasteiger partial charge in [-0.15, -0.1) is 45.3 Å². The van der Waals surface area contributed by atoms with Gasteiger partial charge in [-0.1, -0.05) is 103 Å². The molecule has 2 amide bonds. The van der Waals surface area contributed by atoms with E-state index in [1.807, 2.05) is 140 Å². The Labute approximate surface area is 778 Å². The zero-order valence-electron chi connectivity index (χ0n) is 71.8. The van der Waals surface area contributed by atoms with E-state index in [1.165, 1.54) is 52.6 Å². The number of carbonyl (C=O) groups excluding carboxylic acids is 9. The van der Waals surface area contributed by atoms with Crippen molar-refractivity contribution < 1.29 is 106 Å². The molecule has 0 spiro atoms. The van der Waals surface area contributed by atoms with Crippen LogP contribution in [-0.4, -0.2) is 75.9 Å². The van der Waals surface area contributed by atoms with E-state index in [9.17, 15) is 68.0 Å². The summed E-state index contributed by atoms with van der Waals surface area (Å²) in [6, 6.07) is 67.7. The van der Waals surface area contributed by atoms with E-state index in [0.29, 0.717) is 116 Å².